The molecule has 4 nitrogen and oxygen atoms in total. The van der Waals surface area contributed by atoms with Gasteiger partial charge in [-0.3, -0.25) is 9.59 Å². The van der Waals surface area contributed by atoms with Crippen molar-refractivity contribution in [1.82, 2.24) is 0 Å². The quantitative estimate of drug-likeness (QED) is 0.730. The van der Waals surface area contributed by atoms with Gasteiger partial charge in [-0.1, -0.05) is 13.8 Å². The van der Waals surface area contributed by atoms with Crippen LogP contribution in [0.4, 0.5) is 0 Å². The minimum Gasteiger partial charge on any atom is -0.469 e. The number of methoxy groups -OCH3 is 1. The van der Waals surface area contributed by atoms with Crippen LogP contribution in [-0.4, -0.2) is 30.1 Å². The molecule has 1 atom stereocenters. The largest absolute Gasteiger partial charge is 0.469 e. The summed E-state index contributed by atoms with van der Waals surface area (Å²) < 4.78 is 10.9. The molecule has 1 rings (SSSR count). The topological polar surface area (TPSA) is 52.6 Å². The Balaban J connectivity index is 3.01. The van der Waals surface area contributed by atoms with E-state index in [2.05, 4.69) is 27.7 Å². The van der Waals surface area contributed by atoms with Gasteiger partial charge in [0.2, 0.25) is 0 Å². The monoisotopic (exact) mass is 298 g/mol. The molecule has 4 heteroatoms. The number of hydrogen-bond donors (Lipinski definition) is 0. The Morgan fingerprint density at radius 1 is 1.14 bits per heavy atom. The van der Waals surface area contributed by atoms with Gasteiger partial charge in [-0.25, -0.2) is 0 Å². The van der Waals surface area contributed by atoms with Gasteiger partial charge in [0.15, 0.2) is 0 Å². The molecule has 1 heterocycles. The summed E-state index contributed by atoms with van der Waals surface area (Å²) in [6, 6.07) is 0. The van der Waals surface area contributed by atoms with E-state index in [0.29, 0.717) is 0 Å². The summed E-state index contributed by atoms with van der Waals surface area (Å²) in [5.41, 5.74) is -0.559. The first-order chi connectivity index (χ1) is 9.47. The maximum absolute atomic E-state index is 12.6. The summed E-state index contributed by atoms with van der Waals surface area (Å²) in [6.45, 7) is 12.0. The molecule has 0 radical (unpaired) electrons. The second-order valence-corrected chi connectivity index (χ2v) is 7.73. The highest BCUT2D eigenvalue weighted by Crippen LogP contribution is 2.43. The van der Waals surface area contributed by atoms with E-state index in [1.165, 1.54) is 7.11 Å². The minimum absolute atomic E-state index is 0.0753. The molecule has 0 aromatic carbocycles. The highest BCUT2D eigenvalue weighted by Gasteiger charge is 2.44. The lowest BCUT2D eigenvalue weighted by Crippen LogP contribution is -2.48. The third kappa shape index (κ3) is 5.10. The Kier molecular flexibility index (Phi) is 5.59. The van der Waals surface area contributed by atoms with Crippen LogP contribution in [0.5, 0.6) is 0 Å². The number of Topliss-reactive ketones (excluding diaryl/α,β-unsaturated/α-hetero) is 1. The van der Waals surface area contributed by atoms with Crippen molar-refractivity contribution in [1.29, 1.82) is 0 Å². The van der Waals surface area contributed by atoms with Crippen LogP contribution < -0.4 is 0 Å². The Labute approximate surface area is 128 Å². The summed E-state index contributed by atoms with van der Waals surface area (Å²) in [7, 11) is 1.37. The maximum atomic E-state index is 12.6. The summed E-state index contributed by atoms with van der Waals surface area (Å²) in [4.78, 5) is 24.3. The molecule has 1 unspecified atom stereocenters. The smallest absolute Gasteiger partial charge is 0.306 e. The molecule has 0 spiro atoms. The molecule has 0 aromatic heterocycles. The molecule has 122 valence electrons. The van der Waals surface area contributed by atoms with Gasteiger partial charge in [0.1, 0.15) is 5.78 Å². The van der Waals surface area contributed by atoms with Crippen LogP contribution in [0.25, 0.3) is 0 Å². The number of esters is 1. The van der Waals surface area contributed by atoms with E-state index < -0.39 is 0 Å². The lowest BCUT2D eigenvalue weighted by molar-refractivity contribution is -0.183. The average Bonchev–Trinajstić information content (AvgIpc) is 2.30. The van der Waals surface area contributed by atoms with Crippen molar-refractivity contribution >= 4 is 11.8 Å². The molecule has 1 saturated heterocycles. The molecule has 0 N–H and O–H groups in total. The average molecular weight is 298 g/mol. The van der Waals surface area contributed by atoms with E-state index in [1.54, 1.807) is 0 Å². The van der Waals surface area contributed by atoms with Gasteiger partial charge in [0, 0.05) is 11.8 Å². The van der Waals surface area contributed by atoms with E-state index in [0.717, 1.165) is 12.8 Å². The van der Waals surface area contributed by atoms with E-state index in [-0.39, 0.29) is 47.1 Å². The van der Waals surface area contributed by atoms with Crippen molar-refractivity contribution in [3.63, 3.8) is 0 Å². The number of carbonyl (C=O) groups is 2. The van der Waals surface area contributed by atoms with Crippen molar-refractivity contribution in [3.8, 4) is 0 Å². The first-order valence-corrected chi connectivity index (χ1v) is 7.78. The van der Waals surface area contributed by atoms with Crippen molar-refractivity contribution in [3.05, 3.63) is 0 Å². The van der Waals surface area contributed by atoms with Crippen LogP contribution in [0.15, 0.2) is 0 Å². The third-order valence-corrected chi connectivity index (χ3v) is 4.18. The Morgan fingerprint density at radius 3 is 2.00 bits per heavy atom. The fourth-order valence-corrected chi connectivity index (χ4v) is 3.64. The number of ketones is 1. The summed E-state index contributed by atoms with van der Waals surface area (Å²) in [5.74, 6) is -0.360. The predicted octanol–water partition coefficient (Wildman–Crippen LogP) is 3.37. The Morgan fingerprint density at radius 2 is 1.62 bits per heavy atom. The molecule has 0 amide bonds. The fourth-order valence-electron chi connectivity index (χ4n) is 3.64. The van der Waals surface area contributed by atoms with Gasteiger partial charge < -0.3 is 9.47 Å². The maximum Gasteiger partial charge on any atom is 0.306 e. The Hall–Kier alpha value is -0.900. The van der Waals surface area contributed by atoms with Gasteiger partial charge in [-0.2, -0.15) is 0 Å². The fraction of sp³-hybridized carbons (Fsp3) is 0.882. The number of hydrogen-bond acceptors (Lipinski definition) is 4. The number of carbonyl (C=O) groups excluding carboxylic acids is 2. The third-order valence-electron chi connectivity index (χ3n) is 4.18. The molecule has 1 aliphatic rings. The first kappa shape index (κ1) is 18.1. The van der Waals surface area contributed by atoms with Gasteiger partial charge >= 0.3 is 5.97 Å². The van der Waals surface area contributed by atoms with E-state index in [4.69, 9.17) is 9.47 Å². The van der Waals surface area contributed by atoms with Gasteiger partial charge in [-0.15, -0.1) is 0 Å². The van der Waals surface area contributed by atoms with Crippen LogP contribution in [0.3, 0.4) is 0 Å². The molecule has 1 fully saturated rings. The molecular formula is C17H30O4. The molecule has 0 aromatic rings. The molecular weight excluding hydrogens is 268 g/mol. The van der Waals surface area contributed by atoms with E-state index in [9.17, 15) is 9.59 Å². The van der Waals surface area contributed by atoms with E-state index in [1.807, 2.05) is 13.8 Å². The standard InChI is InChI=1S/C17H30O4/c1-11(2)15(19)13(8-14(18)20-7)12-9-16(3,4)21-17(5,6)10-12/h11-13H,8-10H2,1-7H3. The first-order valence-electron chi connectivity index (χ1n) is 7.78. The summed E-state index contributed by atoms with van der Waals surface area (Å²) in [5, 5.41) is 0. The number of ether oxygens (including phenoxy) is 2. The lowest BCUT2D eigenvalue weighted by Gasteiger charge is -2.47. The van der Waals surface area contributed by atoms with Crippen molar-refractivity contribution in [2.24, 2.45) is 17.8 Å². The molecule has 0 bridgehead atoms. The highest BCUT2D eigenvalue weighted by atomic mass is 16.5. The van der Waals surface area contributed by atoms with Crippen LogP contribution in [0.2, 0.25) is 0 Å². The van der Waals surface area contributed by atoms with Crippen LogP contribution in [0, 0.1) is 17.8 Å². The predicted molar refractivity (Wildman–Crippen MR) is 81.9 cm³/mol. The van der Waals surface area contributed by atoms with Crippen molar-refractivity contribution < 1.29 is 19.1 Å². The van der Waals surface area contributed by atoms with E-state index >= 15 is 0 Å². The summed E-state index contributed by atoms with van der Waals surface area (Å²) >= 11 is 0. The minimum atomic E-state index is -0.309. The summed E-state index contributed by atoms with van der Waals surface area (Å²) in [6.07, 6.45) is 1.75. The molecule has 0 aliphatic carbocycles. The van der Waals surface area contributed by atoms with Gasteiger partial charge in [0.05, 0.1) is 24.7 Å². The van der Waals surface area contributed by atoms with Crippen molar-refractivity contribution in [2.45, 2.75) is 72.0 Å². The highest BCUT2D eigenvalue weighted by molar-refractivity contribution is 5.87. The van der Waals surface area contributed by atoms with Crippen LogP contribution in [-0.2, 0) is 19.1 Å². The Bertz CT molecular complexity index is 380. The van der Waals surface area contributed by atoms with Crippen molar-refractivity contribution in [2.75, 3.05) is 7.11 Å². The molecule has 0 saturated carbocycles. The normalized spacial score (nSPS) is 22.9. The zero-order valence-electron chi connectivity index (χ0n) is 14.5. The van der Waals surface area contributed by atoms with Gasteiger partial charge in [0.25, 0.3) is 0 Å². The van der Waals surface area contributed by atoms with Crippen LogP contribution in [0.1, 0.15) is 60.8 Å². The zero-order valence-corrected chi connectivity index (χ0v) is 14.5. The van der Waals surface area contributed by atoms with Gasteiger partial charge in [-0.05, 0) is 46.5 Å². The second kappa shape index (κ2) is 6.47. The second-order valence-electron chi connectivity index (χ2n) is 7.73. The lowest BCUT2D eigenvalue weighted by atomic mass is 9.70. The number of rotatable bonds is 5. The van der Waals surface area contributed by atoms with Crippen LogP contribution >= 0.6 is 0 Å². The SMILES string of the molecule is COC(=O)CC(C(=O)C(C)C)C1CC(C)(C)OC(C)(C)C1. The zero-order chi connectivity index (χ0) is 16.4. The molecule has 21 heavy (non-hydrogen) atoms. The molecule has 1 aliphatic heterocycles.